The van der Waals surface area contributed by atoms with E-state index in [0.29, 0.717) is 5.56 Å². The second-order valence-electron chi connectivity index (χ2n) is 6.95. The Morgan fingerprint density at radius 1 is 1.31 bits per heavy atom. The van der Waals surface area contributed by atoms with Gasteiger partial charge in [0.15, 0.2) is 0 Å². The number of benzene rings is 1. The number of H-pyrrole nitrogens is 1. The van der Waals surface area contributed by atoms with Crippen LogP contribution in [0.2, 0.25) is 0 Å². The van der Waals surface area contributed by atoms with E-state index in [1.807, 2.05) is 6.92 Å². The number of halogens is 3. The smallest absolute Gasteiger partial charge is 0.388 e. The summed E-state index contributed by atoms with van der Waals surface area (Å²) < 4.78 is 45.1. The summed E-state index contributed by atoms with van der Waals surface area (Å²) in [5, 5.41) is 12.1. The molecule has 2 aromatic rings. The number of anilines is 1. The van der Waals surface area contributed by atoms with Gasteiger partial charge in [0.2, 0.25) is 5.89 Å². The summed E-state index contributed by atoms with van der Waals surface area (Å²) >= 11 is 0. The summed E-state index contributed by atoms with van der Waals surface area (Å²) in [4.78, 5) is 11.1. The third-order valence-electron chi connectivity index (χ3n) is 5.17. The predicted octanol–water partition coefficient (Wildman–Crippen LogP) is 3.24. The summed E-state index contributed by atoms with van der Waals surface area (Å²) in [5.74, 6) is -0.808. The van der Waals surface area contributed by atoms with Gasteiger partial charge in [-0.15, -0.1) is 5.10 Å². The fraction of sp³-hybridized carbons (Fsp3) is 0.529. The summed E-state index contributed by atoms with van der Waals surface area (Å²) in [6.07, 6.45) is -2.76. The van der Waals surface area contributed by atoms with Gasteiger partial charge in [0, 0.05) is 17.3 Å². The number of hydrogen-bond acceptors (Lipinski definition) is 5. The van der Waals surface area contributed by atoms with Crippen LogP contribution in [0.5, 0.6) is 0 Å². The maximum absolute atomic E-state index is 13.4. The van der Waals surface area contributed by atoms with Crippen molar-refractivity contribution >= 4 is 5.69 Å². The number of piperidine rings is 1. The van der Waals surface area contributed by atoms with Gasteiger partial charge in [0.05, 0.1) is 5.56 Å². The molecule has 1 aromatic heterocycles. The van der Waals surface area contributed by atoms with Crippen molar-refractivity contribution in [2.75, 3.05) is 18.4 Å². The molecule has 26 heavy (non-hydrogen) atoms. The van der Waals surface area contributed by atoms with E-state index in [2.05, 4.69) is 27.8 Å². The van der Waals surface area contributed by atoms with Crippen molar-refractivity contribution in [2.24, 2.45) is 5.41 Å². The minimum Gasteiger partial charge on any atom is -0.388 e. The summed E-state index contributed by atoms with van der Waals surface area (Å²) in [7, 11) is 0. The van der Waals surface area contributed by atoms with Gasteiger partial charge in [-0.3, -0.25) is 0 Å². The van der Waals surface area contributed by atoms with Gasteiger partial charge in [-0.2, -0.15) is 13.2 Å². The quantitative estimate of drug-likeness (QED) is 0.770. The Hall–Kier alpha value is -2.29. The average molecular weight is 370 g/mol. The van der Waals surface area contributed by atoms with Crippen molar-refractivity contribution in [3.8, 4) is 11.5 Å². The van der Waals surface area contributed by atoms with Gasteiger partial charge in [-0.1, -0.05) is 6.92 Å². The van der Waals surface area contributed by atoms with Crippen LogP contribution < -0.4 is 16.4 Å². The normalized spacial score (nSPS) is 18.5. The van der Waals surface area contributed by atoms with Crippen molar-refractivity contribution in [3.05, 3.63) is 34.3 Å². The van der Waals surface area contributed by atoms with Crippen LogP contribution in [-0.4, -0.2) is 29.3 Å². The first kappa shape index (κ1) is 18.5. The molecule has 9 heteroatoms. The molecule has 0 aliphatic carbocycles. The predicted molar refractivity (Wildman–Crippen MR) is 90.9 cm³/mol. The molecular formula is C17H21F3N4O2. The zero-order valence-corrected chi connectivity index (χ0v) is 14.5. The molecule has 0 unspecified atom stereocenters. The lowest BCUT2D eigenvalue weighted by atomic mass is 9.75. The van der Waals surface area contributed by atoms with Gasteiger partial charge in [-0.25, -0.2) is 9.89 Å². The first-order valence-electron chi connectivity index (χ1n) is 8.43. The lowest BCUT2D eigenvalue weighted by Crippen LogP contribution is -2.44. The molecule has 1 aliphatic heterocycles. The molecule has 0 saturated carbocycles. The number of aromatic amines is 1. The van der Waals surface area contributed by atoms with Crippen molar-refractivity contribution in [2.45, 2.75) is 38.9 Å². The number of nitrogens with zero attached hydrogens (tertiary/aromatic N) is 1. The van der Waals surface area contributed by atoms with Crippen molar-refractivity contribution in [3.63, 3.8) is 0 Å². The van der Waals surface area contributed by atoms with Gasteiger partial charge in [-0.05, 0) is 56.5 Å². The van der Waals surface area contributed by atoms with Crippen molar-refractivity contribution in [1.82, 2.24) is 15.5 Å². The van der Waals surface area contributed by atoms with Crippen LogP contribution in [0.1, 0.15) is 32.3 Å². The monoisotopic (exact) mass is 370 g/mol. The fourth-order valence-corrected chi connectivity index (χ4v) is 3.24. The molecule has 0 amide bonds. The number of alkyl halides is 3. The van der Waals surface area contributed by atoms with E-state index < -0.39 is 17.5 Å². The highest BCUT2D eigenvalue weighted by Gasteiger charge is 2.37. The molecule has 1 atom stereocenters. The Labute approximate surface area is 148 Å². The van der Waals surface area contributed by atoms with Crippen LogP contribution in [0, 0.1) is 5.41 Å². The highest BCUT2D eigenvalue weighted by molar-refractivity contribution is 5.65. The van der Waals surface area contributed by atoms with Crippen LogP contribution in [0.25, 0.3) is 11.5 Å². The molecule has 3 N–H and O–H groups in total. The second kappa shape index (κ2) is 6.79. The molecule has 2 heterocycles. The Kier molecular flexibility index (Phi) is 4.83. The molecule has 3 rings (SSSR count). The first-order chi connectivity index (χ1) is 12.2. The first-order valence-corrected chi connectivity index (χ1v) is 8.43. The van der Waals surface area contributed by atoms with Gasteiger partial charge in [0.1, 0.15) is 0 Å². The standard InChI is InChI=1S/C17H21F3N4O2/c1-10(16(2)5-7-21-8-6-16)22-13-9-11(14-23-24-15(25)26-14)3-4-12(13)17(18,19)20/h3-4,9-10,21-22H,5-8H2,1-2H3,(H,24,25)/t10-/m0/s1. The fourth-order valence-electron chi connectivity index (χ4n) is 3.24. The third-order valence-corrected chi connectivity index (χ3v) is 5.17. The SMILES string of the molecule is C[C@H](Nc1cc(-c2n[nH]c(=O)o2)ccc1C(F)(F)F)C1(C)CCNCC1. The minimum atomic E-state index is -4.50. The van der Waals surface area contributed by atoms with Crippen molar-refractivity contribution in [1.29, 1.82) is 0 Å². The molecule has 0 spiro atoms. The molecule has 0 bridgehead atoms. The minimum absolute atomic E-state index is 0.0482. The van der Waals surface area contributed by atoms with E-state index in [9.17, 15) is 18.0 Å². The molecule has 1 aromatic carbocycles. The third kappa shape index (κ3) is 3.77. The maximum atomic E-state index is 13.4. The molecular weight excluding hydrogens is 349 g/mol. The van der Waals surface area contributed by atoms with Crippen LogP contribution >= 0.6 is 0 Å². The topological polar surface area (TPSA) is 83.0 Å². The zero-order chi connectivity index (χ0) is 18.9. The Morgan fingerprint density at radius 2 is 2.00 bits per heavy atom. The van der Waals surface area contributed by atoms with Crippen LogP contribution in [0.3, 0.4) is 0 Å². The zero-order valence-electron chi connectivity index (χ0n) is 14.5. The lowest BCUT2D eigenvalue weighted by Gasteiger charge is -2.40. The summed E-state index contributed by atoms with van der Waals surface area (Å²) in [6.45, 7) is 5.66. The van der Waals surface area contributed by atoms with Crippen LogP contribution in [0.4, 0.5) is 18.9 Å². The summed E-state index contributed by atoms with van der Waals surface area (Å²) in [6, 6.07) is 3.36. The number of hydrogen-bond donors (Lipinski definition) is 3. The van der Waals surface area contributed by atoms with E-state index in [-0.39, 0.29) is 23.0 Å². The molecule has 1 saturated heterocycles. The second-order valence-corrected chi connectivity index (χ2v) is 6.95. The van der Waals surface area contributed by atoms with Gasteiger partial charge in [0.25, 0.3) is 0 Å². The van der Waals surface area contributed by atoms with E-state index in [1.54, 1.807) is 0 Å². The van der Waals surface area contributed by atoms with Crippen molar-refractivity contribution < 1.29 is 17.6 Å². The summed E-state index contributed by atoms with van der Waals surface area (Å²) in [5.41, 5.74) is -0.638. The highest BCUT2D eigenvalue weighted by atomic mass is 19.4. The Balaban J connectivity index is 1.95. The van der Waals surface area contributed by atoms with E-state index in [4.69, 9.17) is 4.42 Å². The Morgan fingerprint density at radius 3 is 2.58 bits per heavy atom. The van der Waals surface area contributed by atoms with E-state index >= 15 is 0 Å². The van der Waals surface area contributed by atoms with Crippen LogP contribution in [0.15, 0.2) is 27.4 Å². The van der Waals surface area contributed by atoms with E-state index in [0.717, 1.165) is 32.0 Å². The average Bonchev–Trinajstić information content (AvgIpc) is 3.01. The molecule has 6 nitrogen and oxygen atoms in total. The maximum Gasteiger partial charge on any atom is 0.434 e. The highest BCUT2D eigenvalue weighted by Crippen LogP contribution is 2.40. The molecule has 0 radical (unpaired) electrons. The molecule has 142 valence electrons. The van der Waals surface area contributed by atoms with E-state index in [1.165, 1.54) is 12.1 Å². The largest absolute Gasteiger partial charge is 0.434 e. The number of nitrogens with one attached hydrogen (secondary N) is 3. The molecule has 1 fully saturated rings. The number of aromatic nitrogens is 2. The number of rotatable bonds is 4. The van der Waals surface area contributed by atoms with Gasteiger partial charge >= 0.3 is 11.9 Å². The molecule has 1 aliphatic rings. The lowest BCUT2D eigenvalue weighted by molar-refractivity contribution is -0.137. The Bertz CT molecular complexity index is 822. The van der Waals surface area contributed by atoms with Crippen LogP contribution in [-0.2, 0) is 6.18 Å². The van der Waals surface area contributed by atoms with Gasteiger partial charge < -0.3 is 15.1 Å².